The van der Waals surface area contributed by atoms with Crippen molar-refractivity contribution in [2.75, 3.05) is 7.05 Å². The molecule has 21 heavy (non-hydrogen) atoms. The lowest BCUT2D eigenvalue weighted by Crippen LogP contribution is -2.18. The maximum Gasteiger partial charge on any atom is 0.0575 e. The third-order valence-electron chi connectivity index (χ3n) is 4.57. The van der Waals surface area contributed by atoms with Crippen molar-refractivity contribution in [3.63, 3.8) is 0 Å². The SMILES string of the molecule is CNC(c1ccc(C2CCC2)cc1)c1cc(C)nc(C)c1. The quantitative estimate of drug-likeness (QED) is 0.904. The lowest BCUT2D eigenvalue weighted by atomic mass is 9.79. The lowest BCUT2D eigenvalue weighted by Gasteiger charge is -2.26. The summed E-state index contributed by atoms with van der Waals surface area (Å²) in [4.78, 5) is 4.47. The van der Waals surface area contributed by atoms with Crippen LogP contribution >= 0.6 is 0 Å². The Kier molecular flexibility index (Phi) is 4.07. The summed E-state index contributed by atoms with van der Waals surface area (Å²) < 4.78 is 0. The molecule has 0 aliphatic heterocycles. The molecule has 3 rings (SSSR count). The highest BCUT2D eigenvalue weighted by atomic mass is 14.9. The van der Waals surface area contributed by atoms with E-state index in [1.807, 2.05) is 7.05 Å². The molecule has 1 N–H and O–H groups in total. The second kappa shape index (κ2) is 5.98. The topological polar surface area (TPSA) is 24.9 Å². The summed E-state index contributed by atoms with van der Waals surface area (Å²) in [6.07, 6.45) is 4.11. The maximum atomic E-state index is 4.47. The van der Waals surface area contributed by atoms with Gasteiger partial charge in [-0.05, 0) is 68.5 Å². The molecular weight excluding hydrogens is 256 g/mol. The fourth-order valence-electron chi connectivity index (χ4n) is 3.26. The minimum absolute atomic E-state index is 0.237. The highest BCUT2D eigenvalue weighted by Gasteiger charge is 2.20. The monoisotopic (exact) mass is 280 g/mol. The molecule has 1 atom stereocenters. The molecule has 1 unspecified atom stereocenters. The van der Waals surface area contributed by atoms with Gasteiger partial charge >= 0.3 is 0 Å². The van der Waals surface area contributed by atoms with Gasteiger partial charge in [-0.15, -0.1) is 0 Å². The van der Waals surface area contributed by atoms with E-state index in [9.17, 15) is 0 Å². The molecule has 0 saturated heterocycles. The summed E-state index contributed by atoms with van der Waals surface area (Å²) in [6, 6.07) is 13.8. The number of benzene rings is 1. The Hall–Kier alpha value is -1.67. The van der Waals surface area contributed by atoms with Crippen LogP contribution in [0.3, 0.4) is 0 Å². The van der Waals surface area contributed by atoms with Gasteiger partial charge in [0.2, 0.25) is 0 Å². The van der Waals surface area contributed by atoms with Crippen LogP contribution in [0.2, 0.25) is 0 Å². The first kappa shape index (κ1) is 14.3. The first-order valence-electron chi connectivity index (χ1n) is 7.89. The van der Waals surface area contributed by atoms with Gasteiger partial charge in [0.15, 0.2) is 0 Å². The van der Waals surface area contributed by atoms with Crippen molar-refractivity contribution in [1.29, 1.82) is 0 Å². The van der Waals surface area contributed by atoms with E-state index >= 15 is 0 Å². The summed E-state index contributed by atoms with van der Waals surface area (Å²) in [5.41, 5.74) is 6.28. The van der Waals surface area contributed by atoms with Crippen molar-refractivity contribution >= 4 is 0 Å². The number of nitrogens with zero attached hydrogens (tertiary/aromatic N) is 1. The van der Waals surface area contributed by atoms with Crippen molar-refractivity contribution < 1.29 is 0 Å². The molecule has 1 aliphatic carbocycles. The van der Waals surface area contributed by atoms with Crippen LogP contribution in [0.5, 0.6) is 0 Å². The van der Waals surface area contributed by atoms with Crippen LogP contribution in [-0.2, 0) is 0 Å². The molecule has 0 radical (unpaired) electrons. The standard InChI is InChI=1S/C19H24N2/c1-13-11-18(12-14(2)21-13)19(20-3)17-9-7-16(8-10-17)15-5-4-6-15/h7-12,15,19-20H,4-6H2,1-3H3. The minimum Gasteiger partial charge on any atom is -0.309 e. The van der Waals surface area contributed by atoms with Crippen molar-refractivity contribution in [3.05, 3.63) is 64.5 Å². The first-order chi connectivity index (χ1) is 10.2. The van der Waals surface area contributed by atoms with E-state index in [0.29, 0.717) is 0 Å². The summed E-state index contributed by atoms with van der Waals surface area (Å²) in [6.45, 7) is 4.12. The van der Waals surface area contributed by atoms with Gasteiger partial charge in [-0.1, -0.05) is 30.7 Å². The van der Waals surface area contributed by atoms with Crippen LogP contribution in [0.25, 0.3) is 0 Å². The first-order valence-corrected chi connectivity index (χ1v) is 7.89. The number of hydrogen-bond donors (Lipinski definition) is 1. The molecule has 1 fully saturated rings. The van der Waals surface area contributed by atoms with Gasteiger partial charge < -0.3 is 5.32 Å². The second-order valence-corrected chi connectivity index (χ2v) is 6.20. The van der Waals surface area contributed by atoms with Gasteiger partial charge in [0, 0.05) is 11.4 Å². The third-order valence-corrected chi connectivity index (χ3v) is 4.57. The Morgan fingerprint density at radius 2 is 1.62 bits per heavy atom. The smallest absolute Gasteiger partial charge is 0.0575 e. The Balaban J connectivity index is 1.88. The van der Waals surface area contributed by atoms with E-state index in [4.69, 9.17) is 0 Å². The number of pyridine rings is 1. The van der Waals surface area contributed by atoms with Crippen molar-refractivity contribution in [1.82, 2.24) is 10.3 Å². The summed E-state index contributed by atoms with van der Waals surface area (Å²) >= 11 is 0. The average Bonchev–Trinajstić information content (AvgIpc) is 2.38. The zero-order valence-electron chi connectivity index (χ0n) is 13.2. The molecule has 2 nitrogen and oxygen atoms in total. The van der Waals surface area contributed by atoms with E-state index in [2.05, 4.69) is 60.5 Å². The fourth-order valence-corrected chi connectivity index (χ4v) is 3.26. The summed E-state index contributed by atoms with van der Waals surface area (Å²) in [5, 5.41) is 3.44. The van der Waals surface area contributed by atoms with Crippen molar-refractivity contribution in [3.8, 4) is 0 Å². The molecule has 2 heteroatoms. The number of aryl methyl sites for hydroxylation is 2. The van der Waals surface area contributed by atoms with Crippen LogP contribution in [0.4, 0.5) is 0 Å². The molecule has 0 spiro atoms. The zero-order valence-corrected chi connectivity index (χ0v) is 13.2. The predicted octanol–water partition coefficient (Wildman–Crippen LogP) is 4.27. The van der Waals surface area contributed by atoms with Crippen LogP contribution in [0.15, 0.2) is 36.4 Å². The Morgan fingerprint density at radius 1 is 1.00 bits per heavy atom. The molecule has 1 heterocycles. The maximum absolute atomic E-state index is 4.47. The molecule has 1 aromatic carbocycles. The summed E-state index contributed by atoms with van der Waals surface area (Å²) in [7, 11) is 2.02. The van der Waals surface area contributed by atoms with E-state index in [1.165, 1.54) is 36.0 Å². The van der Waals surface area contributed by atoms with Crippen molar-refractivity contribution in [2.45, 2.75) is 45.1 Å². The Bertz CT molecular complexity index is 592. The van der Waals surface area contributed by atoms with Crippen molar-refractivity contribution in [2.24, 2.45) is 0 Å². The fraction of sp³-hybridized carbons (Fsp3) is 0.421. The van der Waals surface area contributed by atoms with Crippen LogP contribution in [0.1, 0.15) is 59.3 Å². The van der Waals surface area contributed by atoms with Gasteiger partial charge in [0.25, 0.3) is 0 Å². The molecule has 1 aromatic heterocycles. The van der Waals surface area contributed by atoms with E-state index in [-0.39, 0.29) is 6.04 Å². The molecule has 1 saturated carbocycles. The van der Waals surface area contributed by atoms with Gasteiger partial charge in [-0.3, -0.25) is 4.98 Å². The molecule has 2 aromatic rings. The number of hydrogen-bond acceptors (Lipinski definition) is 2. The van der Waals surface area contributed by atoms with Crippen LogP contribution in [0, 0.1) is 13.8 Å². The Labute approximate surface area is 127 Å². The van der Waals surface area contributed by atoms with Gasteiger partial charge in [0.1, 0.15) is 0 Å². The molecule has 1 aliphatic rings. The lowest BCUT2D eigenvalue weighted by molar-refractivity contribution is 0.419. The van der Waals surface area contributed by atoms with Gasteiger partial charge in [-0.25, -0.2) is 0 Å². The second-order valence-electron chi connectivity index (χ2n) is 6.20. The van der Waals surface area contributed by atoms with E-state index in [0.717, 1.165) is 17.3 Å². The summed E-state index contributed by atoms with van der Waals surface area (Å²) in [5.74, 6) is 0.803. The van der Waals surface area contributed by atoms with Crippen LogP contribution < -0.4 is 5.32 Å². The van der Waals surface area contributed by atoms with E-state index in [1.54, 1.807) is 0 Å². The van der Waals surface area contributed by atoms with E-state index < -0.39 is 0 Å². The third kappa shape index (κ3) is 3.01. The highest BCUT2D eigenvalue weighted by Crippen LogP contribution is 2.36. The molecular formula is C19H24N2. The average molecular weight is 280 g/mol. The van der Waals surface area contributed by atoms with Gasteiger partial charge in [0.05, 0.1) is 6.04 Å². The predicted molar refractivity (Wildman–Crippen MR) is 87.6 cm³/mol. The number of rotatable bonds is 4. The van der Waals surface area contributed by atoms with Gasteiger partial charge in [-0.2, -0.15) is 0 Å². The Morgan fingerprint density at radius 3 is 2.10 bits per heavy atom. The minimum atomic E-state index is 0.237. The number of nitrogens with one attached hydrogen (secondary N) is 1. The van der Waals surface area contributed by atoms with Crippen LogP contribution in [-0.4, -0.2) is 12.0 Å². The molecule has 0 amide bonds. The molecule has 110 valence electrons. The normalized spacial score (nSPS) is 16.5. The highest BCUT2D eigenvalue weighted by molar-refractivity contribution is 5.36. The molecule has 0 bridgehead atoms. The number of aromatic nitrogens is 1. The largest absolute Gasteiger partial charge is 0.309 e. The zero-order chi connectivity index (χ0) is 14.8.